The van der Waals surface area contributed by atoms with Crippen LogP contribution in [0.1, 0.15) is 87.1 Å². The highest BCUT2D eigenvalue weighted by Crippen LogP contribution is 2.31. The van der Waals surface area contributed by atoms with E-state index in [-0.39, 0.29) is 42.3 Å². The second-order valence-electron chi connectivity index (χ2n) is 11.3. The summed E-state index contributed by atoms with van der Waals surface area (Å²) in [5.74, 6) is -2.11. The van der Waals surface area contributed by atoms with Crippen LogP contribution >= 0.6 is 0 Å². The Bertz CT molecular complexity index is 1010. The van der Waals surface area contributed by atoms with Crippen LogP contribution < -0.4 is 15.2 Å². The third-order valence-electron chi connectivity index (χ3n) is 7.14. The standard InChI is InChI=1S/C31H49NO9/c1-10-11-12-15-37-31(36)39-23(9)22(8)38-30(35)25(32)16-24-13-14-26(40-28(33)20(6)18(2)3)27(17-24)41-29(34)21(7)19(4)5/h13-14,17-23,25H,10-12,15-16,32H2,1-9H3/t20?,21?,22-,23-,25-/m0/s1. The number of benzene rings is 1. The zero-order valence-electron chi connectivity index (χ0n) is 26.1. The van der Waals surface area contributed by atoms with Gasteiger partial charge in [-0.05, 0) is 56.2 Å². The SMILES string of the molecule is CCCCCOC(=O)O[C@@H](C)[C@H](C)OC(=O)[C@@H](N)Cc1ccc(OC(=O)C(C)C(C)C)c(OC(=O)C(C)C(C)C)c1. The summed E-state index contributed by atoms with van der Waals surface area (Å²) in [6.45, 7) is 16.7. The number of hydrogen-bond acceptors (Lipinski definition) is 10. The average molecular weight is 580 g/mol. The molecule has 0 amide bonds. The van der Waals surface area contributed by atoms with Gasteiger partial charge in [0.05, 0.1) is 18.4 Å². The summed E-state index contributed by atoms with van der Waals surface area (Å²) in [5, 5.41) is 0. The van der Waals surface area contributed by atoms with Gasteiger partial charge in [0, 0.05) is 0 Å². The normalized spacial score (nSPS) is 14.9. The third-order valence-corrected chi connectivity index (χ3v) is 7.14. The molecule has 0 aliphatic rings. The minimum atomic E-state index is -1.06. The average Bonchev–Trinajstić information content (AvgIpc) is 2.91. The first-order valence-electron chi connectivity index (χ1n) is 14.5. The maximum atomic E-state index is 12.7. The summed E-state index contributed by atoms with van der Waals surface area (Å²) in [6.07, 6.45) is 0.412. The van der Waals surface area contributed by atoms with Crippen LogP contribution in [0.4, 0.5) is 4.79 Å². The van der Waals surface area contributed by atoms with Gasteiger partial charge < -0.3 is 29.4 Å². The first kappa shape index (κ1) is 35.9. The number of carbonyl (C=O) groups is 4. The molecule has 5 atom stereocenters. The Morgan fingerprint density at radius 1 is 0.732 bits per heavy atom. The summed E-state index contributed by atoms with van der Waals surface area (Å²) in [7, 11) is 0. The Kier molecular flexibility index (Phi) is 15.4. The van der Waals surface area contributed by atoms with Crippen LogP contribution in [0.25, 0.3) is 0 Å². The second-order valence-corrected chi connectivity index (χ2v) is 11.3. The van der Waals surface area contributed by atoms with Crippen LogP contribution in [-0.4, -0.2) is 48.9 Å². The van der Waals surface area contributed by atoms with E-state index in [1.807, 2.05) is 34.6 Å². The maximum absolute atomic E-state index is 12.7. The minimum Gasteiger partial charge on any atom is -0.458 e. The van der Waals surface area contributed by atoms with Gasteiger partial charge >= 0.3 is 24.1 Å². The quantitative estimate of drug-likeness (QED) is 0.149. The molecule has 0 aromatic heterocycles. The second kappa shape index (κ2) is 17.6. The molecule has 2 N–H and O–H groups in total. The van der Waals surface area contributed by atoms with Crippen molar-refractivity contribution in [1.82, 2.24) is 0 Å². The van der Waals surface area contributed by atoms with Crippen LogP contribution in [-0.2, 0) is 35.0 Å². The van der Waals surface area contributed by atoms with Gasteiger partial charge in [0.1, 0.15) is 18.2 Å². The summed E-state index contributed by atoms with van der Waals surface area (Å²) in [5.41, 5.74) is 6.69. The first-order valence-corrected chi connectivity index (χ1v) is 14.5. The van der Waals surface area contributed by atoms with Gasteiger partial charge in [0.15, 0.2) is 11.5 Å². The number of nitrogens with two attached hydrogens (primary N) is 1. The van der Waals surface area contributed by atoms with Crippen molar-refractivity contribution >= 4 is 24.1 Å². The highest BCUT2D eigenvalue weighted by molar-refractivity contribution is 5.79. The smallest absolute Gasteiger partial charge is 0.458 e. The van der Waals surface area contributed by atoms with Crippen molar-refractivity contribution in [3.8, 4) is 11.5 Å². The van der Waals surface area contributed by atoms with Gasteiger partial charge in [0.25, 0.3) is 0 Å². The van der Waals surface area contributed by atoms with Crippen molar-refractivity contribution in [2.24, 2.45) is 29.4 Å². The van der Waals surface area contributed by atoms with E-state index in [9.17, 15) is 19.2 Å². The van der Waals surface area contributed by atoms with Gasteiger partial charge in [-0.25, -0.2) is 4.79 Å². The van der Waals surface area contributed by atoms with E-state index >= 15 is 0 Å². The Hall–Kier alpha value is -3.14. The molecule has 10 nitrogen and oxygen atoms in total. The van der Waals surface area contributed by atoms with Crippen molar-refractivity contribution in [2.75, 3.05) is 6.61 Å². The first-order chi connectivity index (χ1) is 19.2. The van der Waals surface area contributed by atoms with Gasteiger partial charge in [-0.3, -0.25) is 14.4 Å². The molecule has 0 fully saturated rings. The molecular weight excluding hydrogens is 530 g/mol. The van der Waals surface area contributed by atoms with Crippen LogP contribution in [0.2, 0.25) is 0 Å². The van der Waals surface area contributed by atoms with E-state index in [1.54, 1.807) is 33.8 Å². The molecule has 0 heterocycles. The van der Waals surface area contributed by atoms with Gasteiger partial charge in [0.2, 0.25) is 0 Å². The Balaban J connectivity index is 2.93. The third kappa shape index (κ3) is 12.5. The number of rotatable bonds is 16. The molecular formula is C31H49NO9. The molecule has 1 rings (SSSR count). The number of carbonyl (C=O) groups excluding carboxylic acids is 4. The monoisotopic (exact) mass is 579 g/mol. The largest absolute Gasteiger partial charge is 0.508 e. The molecule has 10 heteroatoms. The van der Waals surface area contributed by atoms with Crippen LogP contribution in [0.15, 0.2) is 18.2 Å². The van der Waals surface area contributed by atoms with Crippen molar-refractivity contribution < 1.29 is 42.9 Å². The molecule has 0 aliphatic carbocycles. The van der Waals surface area contributed by atoms with Crippen molar-refractivity contribution in [3.63, 3.8) is 0 Å². The fourth-order valence-electron chi connectivity index (χ4n) is 3.28. The molecule has 0 bridgehead atoms. The minimum absolute atomic E-state index is 0.0390. The summed E-state index contributed by atoms with van der Waals surface area (Å²) in [4.78, 5) is 49.9. The molecule has 0 spiro atoms. The molecule has 0 saturated carbocycles. The van der Waals surface area contributed by atoms with E-state index in [0.717, 1.165) is 19.3 Å². The predicted octanol–water partition coefficient (Wildman–Crippen LogP) is 5.62. The van der Waals surface area contributed by atoms with E-state index < -0.39 is 48.2 Å². The molecule has 1 aromatic carbocycles. The highest BCUT2D eigenvalue weighted by atomic mass is 16.7. The molecule has 232 valence electrons. The fraction of sp³-hybridized carbons (Fsp3) is 0.677. The molecule has 1 aromatic rings. The lowest BCUT2D eigenvalue weighted by Gasteiger charge is -2.22. The van der Waals surface area contributed by atoms with Crippen molar-refractivity contribution in [1.29, 1.82) is 0 Å². The van der Waals surface area contributed by atoms with E-state index in [1.165, 1.54) is 12.1 Å². The topological polar surface area (TPSA) is 140 Å². The van der Waals surface area contributed by atoms with Crippen molar-refractivity contribution in [2.45, 2.75) is 106 Å². The Labute approximate surface area is 244 Å². The zero-order chi connectivity index (χ0) is 31.3. The van der Waals surface area contributed by atoms with E-state index in [2.05, 4.69) is 0 Å². The van der Waals surface area contributed by atoms with Gasteiger partial charge in [-0.1, -0.05) is 67.4 Å². The molecule has 2 unspecified atom stereocenters. The maximum Gasteiger partial charge on any atom is 0.508 e. The number of ether oxygens (including phenoxy) is 5. The summed E-state index contributed by atoms with van der Waals surface area (Å²) < 4.78 is 26.8. The number of esters is 3. The molecule has 0 saturated heterocycles. The lowest BCUT2D eigenvalue weighted by atomic mass is 9.98. The molecule has 0 aliphatic heterocycles. The Morgan fingerprint density at radius 2 is 1.27 bits per heavy atom. The number of unbranched alkanes of at least 4 members (excludes halogenated alkanes) is 2. The van der Waals surface area contributed by atoms with E-state index in [4.69, 9.17) is 29.4 Å². The summed E-state index contributed by atoms with van der Waals surface area (Å²) in [6, 6.07) is 3.64. The van der Waals surface area contributed by atoms with Gasteiger partial charge in [-0.2, -0.15) is 0 Å². The highest BCUT2D eigenvalue weighted by Gasteiger charge is 2.27. The van der Waals surface area contributed by atoms with Gasteiger partial charge in [-0.15, -0.1) is 0 Å². The van der Waals surface area contributed by atoms with Crippen molar-refractivity contribution in [3.05, 3.63) is 23.8 Å². The number of hydrogen-bond donors (Lipinski definition) is 1. The predicted molar refractivity (Wildman–Crippen MR) is 154 cm³/mol. The van der Waals surface area contributed by atoms with E-state index in [0.29, 0.717) is 5.56 Å². The lowest BCUT2D eigenvalue weighted by molar-refractivity contribution is -0.155. The lowest BCUT2D eigenvalue weighted by Crippen LogP contribution is -2.39. The molecule has 41 heavy (non-hydrogen) atoms. The van der Waals surface area contributed by atoms with Crippen LogP contribution in [0.3, 0.4) is 0 Å². The van der Waals surface area contributed by atoms with Crippen LogP contribution in [0.5, 0.6) is 11.5 Å². The zero-order valence-corrected chi connectivity index (χ0v) is 26.1. The fourth-order valence-corrected chi connectivity index (χ4v) is 3.28. The summed E-state index contributed by atoms with van der Waals surface area (Å²) >= 11 is 0. The molecule has 0 radical (unpaired) electrons. The Morgan fingerprint density at radius 3 is 1.80 bits per heavy atom. The van der Waals surface area contributed by atoms with Crippen LogP contribution in [0, 0.1) is 23.7 Å².